The highest BCUT2D eigenvalue weighted by Crippen LogP contribution is 2.20. The Balaban J connectivity index is 2.85. The molecular formula is C13H14ClN3O2. The van der Waals surface area contributed by atoms with Crippen molar-refractivity contribution in [2.75, 3.05) is 11.9 Å². The second-order valence-electron chi connectivity index (χ2n) is 3.83. The fourth-order valence-corrected chi connectivity index (χ4v) is 1.59. The largest absolute Gasteiger partial charge is 0.352 e. The van der Waals surface area contributed by atoms with Crippen LogP contribution < -0.4 is 10.6 Å². The van der Waals surface area contributed by atoms with Gasteiger partial charge in [-0.3, -0.25) is 9.59 Å². The Labute approximate surface area is 116 Å². The summed E-state index contributed by atoms with van der Waals surface area (Å²) in [6.45, 7) is 2.50. The van der Waals surface area contributed by atoms with Crippen LogP contribution in [0.5, 0.6) is 0 Å². The van der Waals surface area contributed by atoms with Gasteiger partial charge < -0.3 is 10.6 Å². The molecule has 2 N–H and O–H groups in total. The highest BCUT2D eigenvalue weighted by Gasteiger charge is 2.11. The van der Waals surface area contributed by atoms with Crippen molar-refractivity contribution in [2.45, 2.75) is 19.8 Å². The van der Waals surface area contributed by atoms with E-state index in [0.29, 0.717) is 22.8 Å². The molecule has 1 aromatic rings. The van der Waals surface area contributed by atoms with E-state index in [1.807, 2.05) is 6.92 Å². The van der Waals surface area contributed by atoms with E-state index in [-0.39, 0.29) is 12.3 Å². The van der Waals surface area contributed by atoms with E-state index in [1.165, 1.54) is 12.1 Å². The van der Waals surface area contributed by atoms with E-state index < -0.39 is 5.91 Å². The normalized spacial score (nSPS) is 9.53. The summed E-state index contributed by atoms with van der Waals surface area (Å²) in [5.41, 5.74) is 0.733. The number of hydrogen-bond acceptors (Lipinski definition) is 3. The molecule has 6 heteroatoms. The number of carbonyl (C=O) groups is 2. The van der Waals surface area contributed by atoms with Gasteiger partial charge in [-0.2, -0.15) is 5.26 Å². The molecule has 0 saturated carbocycles. The minimum absolute atomic E-state index is 0.236. The predicted molar refractivity (Wildman–Crippen MR) is 72.9 cm³/mol. The monoisotopic (exact) mass is 279 g/mol. The van der Waals surface area contributed by atoms with Gasteiger partial charge >= 0.3 is 0 Å². The van der Waals surface area contributed by atoms with Crippen molar-refractivity contribution in [2.24, 2.45) is 0 Å². The van der Waals surface area contributed by atoms with Gasteiger partial charge in [-0.05, 0) is 24.6 Å². The third-order valence-corrected chi connectivity index (χ3v) is 2.60. The highest BCUT2D eigenvalue weighted by atomic mass is 35.5. The smallest absolute Gasteiger partial charge is 0.252 e. The lowest BCUT2D eigenvalue weighted by molar-refractivity contribution is -0.115. The predicted octanol–water partition coefficient (Wildman–Crippen LogP) is 2.33. The second kappa shape index (κ2) is 7.39. The minimum Gasteiger partial charge on any atom is -0.352 e. The van der Waals surface area contributed by atoms with E-state index >= 15 is 0 Å². The van der Waals surface area contributed by atoms with E-state index in [1.54, 1.807) is 12.1 Å². The summed E-state index contributed by atoms with van der Waals surface area (Å²) in [7, 11) is 0. The zero-order valence-corrected chi connectivity index (χ0v) is 11.3. The first kappa shape index (κ1) is 15.0. The molecule has 2 amide bonds. The third-order valence-electron chi connectivity index (χ3n) is 2.27. The number of nitriles is 1. The van der Waals surface area contributed by atoms with Gasteiger partial charge in [-0.25, -0.2) is 0 Å². The summed E-state index contributed by atoms with van der Waals surface area (Å²) in [4.78, 5) is 23.1. The molecule has 100 valence electrons. The van der Waals surface area contributed by atoms with Crippen LogP contribution in [0.4, 0.5) is 5.69 Å². The fourth-order valence-electron chi connectivity index (χ4n) is 1.39. The average molecular weight is 280 g/mol. The first-order valence-corrected chi connectivity index (χ1v) is 6.20. The van der Waals surface area contributed by atoms with Crippen LogP contribution in [0.3, 0.4) is 0 Å². The van der Waals surface area contributed by atoms with Crippen molar-refractivity contribution in [3.63, 3.8) is 0 Å². The quantitative estimate of drug-likeness (QED) is 0.868. The number of hydrogen-bond donors (Lipinski definition) is 2. The number of nitrogens with one attached hydrogen (secondary N) is 2. The zero-order chi connectivity index (χ0) is 14.3. The van der Waals surface area contributed by atoms with Crippen molar-refractivity contribution in [1.82, 2.24) is 5.32 Å². The summed E-state index contributed by atoms with van der Waals surface area (Å²) in [5, 5.41) is 13.9. The number of amides is 2. The second-order valence-corrected chi connectivity index (χ2v) is 4.24. The Morgan fingerprint density at radius 1 is 1.42 bits per heavy atom. The van der Waals surface area contributed by atoms with Crippen LogP contribution in [0.1, 0.15) is 30.1 Å². The summed E-state index contributed by atoms with van der Waals surface area (Å²) in [6.07, 6.45) is 0.585. The van der Waals surface area contributed by atoms with E-state index in [9.17, 15) is 9.59 Å². The maximum absolute atomic E-state index is 11.8. The standard InChI is InChI=1S/C13H14ClN3O2/c1-2-7-16-13(19)10-8-9(3-4-11(10)14)17-12(18)5-6-15/h3-4,8H,2,5,7H2,1H3,(H,16,19)(H,17,18). The Kier molecular flexibility index (Phi) is 5.83. The van der Waals surface area contributed by atoms with Gasteiger partial charge in [0.25, 0.3) is 5.91 Å². The molecule has 0 saturated heterocycles. The van der Waals surface area contributed by atoms with Gasteiger partial charge in [0.05, 0.1) is 16.7 Å². The summed E-state index contributed by atoms with van der Waals surface area (Å²) >= 11 is 5.94. The molecule has 0 aliphatic heterocycles. The van der Waals surface area contributed by atoms with Crippen LogP contribution in [0.25, 0.3) is 0 Å². The number of nitrogens with zero attached hydrogens (tertiary/aromatic N) is 1. The lowest BCUT2D eigenvalue weighted by atomic mass is 10.1. The molecule has 1 rings (SSSR count). The molecule has 1 aromatic carbocycles. The molecule has 0 aromatic heterocycles. The van der Waals surface area contributed by atoms with Gasteiger partial charge in [0.15, 0.2) is 0 Å². The molecule has 0 radical (unpaired) electrons. The molecule has 19 heavy (non-hydrogen) atoms. The highest BCUT2D eigenvalue weighted by molar-refractivity contribution is 6.34. The van der Waals surface area contributed by atoms with Crippen LogP contribution in [-0.2, 0) is 4.79 Å². The molecule has 0 unspecified atom stereocenters. The summed E-state index contributed by atoms with van der Waals surface area (Å²) in [6, 6.07) is 6.35. The lowest BCUT2D eigenvalue weighted by Gasteiger charge is -2.08. The summed E-state index contributed by atoms with van der Waals surface area (Å²) < 4.78 is 0. The molecule has 0 fully saturated rings. The fraction of sp³-hybridized carbons (Fsp3) is 0.308. The van der Waals surface area contributed by atoms with Crippen molar-refractivity contribution in [3.8, 4) is 6.07 Å². The average Bonchev–Trinajstić information content (AvgIpc) is 2.38. The zero-order valence-electron chi connectivity index (χ0n) is 10.5. The SMILES string of the molecule is CCCNC(=O)c1cc(NC(=O)CC#N)ccc1Cl. The van der Waals surface area contributed by atoms with Gasteiger partial charge in [0.2, 0.25) is 5.91 Å². The Morgan fingerprint density at radius 3 is 2.79 bits per heavy atom. The lowest BCUT2D eigenvalue weighted by Crippen LogP contribution is -2.24. The number of carbonyl (C=O) groups excluding carboxylic acids is 2. The molecule has 5 nitrogen and oxygen atoms in total. The van der Waals surface area contributed by atoms with Gasteiger partial charge in [-0.15, -0.1) is 0 Å². The van der Waals surface area contributed by atoms with Crippen LogP contribution in [-0.4, -0.2) is 18.4 Å². The van der Waals surface area contributed by atoms with E-state index in [2.05, 4.69) is 10.6 Å². The maximum Gasteiger partial charge on any atom is 0.252 e. The number of benzene rings is 1. The third kappa shape index (κ3) is 4.60. The molecule has 0 bridgehead atoms. The molecule has 0 aliphatic rings. The van der Waals surface area contributed by atoms with Crippen molar-refractivity contribution >= 4 is 29.1 Å². The van der Waals surface area contributed by atoms with Crippen LogP contribution in [0, 0.1) is 11.3 Å². The maximum atomic E-state index is 11.8. The molecule has 0 spiro atoms. The Morgan fingerprint density at radius 2 is 2.16 bits per heavy atom. The van der Waals surface area contributed by atoms with Gasteiger partial charge in [0, 0.05) is 12.2 Å². The topological polar surface area (TPSA) is 82.0 Å². The van der Waals surface area contributed by atoms with Crippen molar-refractivity contribution in [3.05, 3.63) is 28.8 Å². The first-order chi connectivity index (χ1) is 9.08. The number of anilines is 1. The molecule has 0 aliphatic carbocycles. The van der Waals surface area contributed by atoms with Crippen LogP contribution in [0.15, 0.2) is 18.2 Å². The Bertz CT molecular complexity index is 523. The molecule has 0 atom stereocenters. The van der Waals surface area contributed by atoms with Gasteiger partial charge in [-0.1, -0.05) is 18.5 Å². The molecule has 0 heterocycles. The van der Waals surface area contributed by atoms with Crippen LogP contribution in [0.2, 0.25) is 5.02 Å². The van der Waals surface area contributed by atoms with Crippen molar-refractivity contribution in [1.29, 1.82) is 5.26 Å². The van der Waals surface area contributed by atoms with E-state index in [4.69, 9.17) is 16.9 Å². The van der Waals surface area contributed by atoms with E-state index in [0.717, 1.165) is 6.42 Å². The first-order valence-electron chi connectivity index (χ1n) is 5.83. The van der Waals surface area contributed by atoms with Crippen LogP contribution >= 0.6 is 11.6 Å². The molecular weight excluding hydrogens is 266 g/mol. The van der Waals surface area contributed by atoms with Crippen molar-refractivity contribution < 1.29 is 9.59 Å². The number of halogens is 1. The van der Waals surface area contributed by atoms with Gasteiger partial charge in [0.1, 0.15) is 6.42 Å². The summed E-state index contributed by atoms with van der Waals surface area (Å²) in [5.74, 6) is -0.715. The number of rotatable bonds is 5. The minimum atomic E-state index is -0.426. The Hall–Kier alpha value is -2.06.